The summed E-state index contributed by atoms with van der Waals surface area (Å²) in [5, 5.41) is 3.76. The van der Waals surface area contributed by atoms with Crippen molar-refractivity contribution in [2.45, 2.75) is 0 Å². The molecule has 1 aliphatic rings. The van der Waals surface area contributed by atoms with Gasteiger partial charge < -0.3 is 5.32 Å². The summed E-state index contributed by atoms with van der Waals surface area (Å²) in [5.41, 5.74) is 1.11. The molecule has 1 N–H and O–H groups in total. The molecular formula is C10H11ClN2. The minimum Gasteiger partial charge on any atom is -0.315 e. The zero-order valence-corrected chi connectivity index (χ0v) is 7.96. The Morgan fingerprint density at radius 3 is 2.85 bits per heavy atom. The summed E-state index contributed by atoms with van der Waals surface area (Å²) in [7, 11) is 0. The minimum absolute atomic E-state index is 0.544. The van der Waals surface area contributed by atoms with E-state index in [-0.39, 0.29) is 0 Å². The predicted molar refractivity (Wildman–Crippen MR) is 54.6 cm³/mol. The Morgan fingerprint density at radius 2 is 2.31 bits per heavy atom. The zero-order chi connectivity index (χ0) is 9.10. The van der Waals surface area contributed by atoms with Gasteiger partial charge in [-0.3, -0.25) is 0 Å². The van der Waals surface area contributed by atoms with Gasteiger partial charge in [-0.05, 0) is 11.6 Å². The molecule has 0 bridgehead atoms. The van der Waals surface area contributed by atoms with E-state index in [4.69, 9.17) is 11.6 Å². The molecule has 1 saturated heterocycles. The fourth-order valence-electron chi connectivity index (χ4n) is 1.18. The lowest BCUT2D eigenvalue weighted by molar-refractivity contribution is 0.420. The second-order valence-electron chi connectivity index (χ2n) is 3.19. The van der Waals surface area contributed by atoms with Crippen molar-refractivity contribution < 1.29 is 0 Å². The van der Waals surface area contributed by atoms with E-state index in [1.807, 2.05) is 6.07 Å². The zero-order valence-electron chi connectivity index (χ0n) is 7.20. The van der Waals surface area contributed by atoms with E-state index in [0.717, 1.165) is 18.7 Å². The molecular weight excluding hydrogens is 184 g/mol. The van der Waals surface area contributed by atoms with Crippen LogP contribution in [-0.2, 0) is 0 Å². The number of hydrogen-bond donors (Lipinski definition) is 1. The molecule has 13 heavy (non-hydrogen) atoms. The molecule has 3 heteroatoms. The van der Waals surface area contributed by atoms with Gasteiger partial charge in [-0.25, -0.2) is 4.98 Å². The van der Waals surface area contributed by atoms with E-state index in [9.17, 15) is 0 Å². The molecule has 0 amide bonds. The highest BCUT2D eigenvalue weighted by atomic mass is 35.5. The third kappa shape index (κ3) is 2.29. The second kappa shape index (κ2) is 3.90. The van der Waals surface area contributed by atoms with Gasteiger partial charge in [-0.2, -0.15) is 0 Å². The molecule has 68 valence electrons. The lowest BCUT2D eigenvalue weighted by atomic mass is 10.0. The standard InChI is InChI=1S/C10H11ClN2/c11-10-4-3-8(7-13-10)1-2-9-5-12-6-9/h1-4,7,9,12H,5-6H2. The van der Waals surface area contributed by atoms with Crippen LogP contribution in [0.1, 0.15) is 5.56 Å². The SMILES string of the molecule is Clc1ccc(C=CC2CNC2)cn1. The van der Waals surface area contributed by atoms with Crippen molar-refractivity contribution >= 4 is 17.7 Å². The van der Waals surface area contributed by atoms with Gasteiger partial charge in [0.25, 0.3) is 0 Å². The van der Waals surface area contributed by atoms with Gasteiger partial charge in [0, 0.05) is 25.2 Å². The molecule has 0 unspecified atom stereocenters. The summed E-state index contributed by atoms with van der Waals surface area (Å²) in [6.07, 6.45) is 6.08. The maximum absolute atomic E-state index is 5.67. The molecule has 0 atom stereocenters. The maximum Gasteiger partial charge on any atom is 0.129 e. The van der Waals surface area contributed by atoms with Crippen LogP contribution >= 0.6 is 11.6 Å². The van der Waals surface area contributed by atoms with Gasteiger partial charge in [-0.15, -0.1) is 0 Å². The number of halogens is 1. The summed E-state index contributed by atoms with van der Waals surface area (Å²) < 4.78 is 0. The van der Waals surface area contributed by atoms with E-state index < -0.39 is 0 Å². The van der Waals surface area contributed by atoms with Gasteiger partial charge in [0.05, 0.1) is 0 Å². The first kappa shape index (κ1) is 8.73. The molecule has 0 aromatic carbocycles. The van der Waals surface area contributed by atoms with Gasteiger partial charge in [0.1, 0.15) is 5.15 Å². The molecule has 0 spiro atoms. The van der Waals surface area contributed by atoms with Crippen LogP contribution in [-0.4, -0.2) is 18.1 Å². The van der Waals surface area contributed by atoms with Crippen LogP contribution in [0.4, 0.5) is 0 Å². The van der Waals surface area contributed by atoms with Crippen molar-refractivity contribution in [3.8, 4) is 0 Å². The Hall–Kier alpha value is -0.860. The van der Waals surface area contributed by atoms with E-state index in [1.165, 1.54) is 0 Å². The third-order valence-electron chi connectivity index (χ3n) is 2.12. The van der Waals surface area contributed by atoms with Crippen molar-refractivity contribution in [1.29, 1.82) is 0 Å². The van der Waals surface area contributed by atoms with Crippen molar-refractivity contribution in [2.75, 3.05) is 13.1 Å². The molecule has 2 nitrogen and oxygen atoms in total. The normalized spacial score (nSPS) is 17.6. The highest BCUT2D eigenvalue weighted by molar-refractivity contribution is 6.29. The predicted octanol–water partition coefficient (Wildman–Crippen LogP) is 1.97. The second-order valence-corrected chi connectivity index (χ2v) is 3.58. The Kier molecular flexibility index (Phi) is 2.62. The lowest BCUT2D eigenvalue weighted by Gasteiger charge is -2.23. The first-order chi connectivity index (χ1) is 6.34. The average Bonchev–Trinajstić information content (AvgIpc) is 2.05. The molecule has 1 fully saturated rings. The van der Waals surface area contributed by atoms with Crippen LogP contribution in [0.25, 0.3) is 6.08 Å². The maximum atomic E-state index is 5.67. The molecule has 1 aromatic rings. The Balaban J connectivity index is 2.00. The minimum atomic E-state index is 0.544. The lowest BCUT2D eigenvalue weighted by Crippen LogP contribution is -2.40. The van der Waals surface area contributed by atoms with E-state index >= 15 is 0 Å². The molecule has 2 rings (SSSR count). The van der Waals surface area contributed by atoms with Crippen LogP contribution in [0.15, 0.2) is 24.4 Å². The van der Waals surface area contributed by atoms with Crippen LogP contribution < -0.4 is 5.32 Å². The van der Waals surface area contributed by atoms with Crippen LogP contribution in [0.5, 0.6) is 0 Å². The van der Waals surface area contributed by atoms with Gasteiger partial charge in [0.15, 0.2) is 0 Å². The molecule has 1 aliphatic heterocycles. The quantitative estimate of drug-likeness (QED) is 0.729. The number of nitrogens with one attached hydrogen (secondary N) is 1. The molecule has 0 aliphatic carbocycles. The van der Waals surface area contributed by atoms with Crippen molar-refractivity contribution in [2.24, 2.45) is 5.92 Å². The smallest absolute Gasteiger partial charge is 0.129 e. The average molecular weight is 195 g/mol. The van der Waals surface area contributed by atoms with E-state index in [2.05, 4.69) is 22.5 Å². The van der Waals surface area contributed by atoms with Gasteiger partial charge in [0.2, 0.25) is 0 Å². The molecule has 1 aromatic heterocycles. The first-order valence-corrected chi connectivity index (χ1v) is 4.73. The molecule has 0 radical (unpaired) electrons. The number of aromatic nitrogens is 1. The van der Waals surface area contributed by atoms with Crippen LogP contribution in [0.2, 0.25) is 5.15 Å². The van der Waals surface area contributed by atoms with Crippen molar-refractivity contribution in [1.82, 2.24) is 10.3 Å². The summed E-state index contributed by atoms with van der Waals surface area (Å²) in [5.74, 6) is 0.690. The molecule has 2 heterocycles. The highest BCUT2D eigenvalue weighted by Gasteiger charge is 2.11. The van der Waals surface area contributed by atoms with E-state index in [0.29, 0.717) is 11.1 Å². The van der Waals surface area contributed by atoms with Crippen LogP contribution in [0, 0.1) is 5.92 Å². The largest absolute Gasteiger partial charge is 0.315 e. The number of nitrogens with zero attached hydrogens (tertiary/aromatic N) is 1. The summed E-state index contributed by atoms with van der Waals surface area (Å²) >= 11 is 5.67. The topological polar surface area (TPSA) is 24.9 Å². The Labute approximate surface area is 82.6 Å². The monoisotopic (exact) mass is 194 g/mol. The fraction of sp³-hybridized carbons (Fsp3) is 0.300. The third-order valence-corrected chi connectivity index (χ3v) is 2.35. The first-order valence-electron chi connectivity index (χ1n) is 4.35. The number of pyridine rings is 1. The van der Waals surface area contributed by atoms with Crippen molar-refractivity contribution in [3.05, 3.63) is 35.1 Å². The van der Waals surface area contributed by atoms with Crippen molar-refractivity contribution in [3.63, 3.8) is 0 Å². The fourth-order valence-corrected chi connectivity index (χ4v) is 1.29. The number of rotatable bonds is 2. The summed E-state index contributed by atoms with van der Waals surface area (Å²) in [6.45, 7) is 2.19. The van der Waals surface area contributed by atoms with Gasteiger partial charge >= 0.3 is 0 Å². The Morgan fingerprint density at radius 1 is 1.46 bits per heavy atom. The number of hydrogen-bond acceptors (Lipinski definition) is 2. The Bertz CT molecular complexity index is 301. The summed E-state index contributed by atoms with van der Waals surface area (Å²) in [6, 6.07) is 3.78. The van der Waals surface area contributed by atoms with E-state index in [1.54, 1.807) is 12.3 Å². The molecule has 0 saturated carbocycles. The summed E-state index contributed by atoms with van der Waals surface area (Å²) in [4.78, 5) is 4.00. The van der Waals surface area contributed by atoms with Gasteiger partial charge in [-0.1, -0.05) is 29.8 Å². The van der Waals surface area contributed by atoms with Crippen LogP contribution in [0.3, 0.4) is 0 Å². The highest BCUT2D eigenvalue weighted by Crippen LogP contribution is 2.10.